The molecule has 1 amide bonds. The first-order chi connectivity index (χ1) is 14.3. The van der Waals surface area contributed by atoms with Gasteiger partial charge in [-0.1, -0.05) is 48.5 Å². The zero-order valence-electron chi connectivity index (χ0n) is 16.6. The number of benzene rings is 2. The predicted molar refractivity (Wildman–Crippen MR) is 114 cm³/mol. The van der Waals surface area contributed by atoms with E-state index in [2.05, 4.69) is 32.7 Å². The number of methoxy groups -OCH3 is 1. The van der Waals surface area contributed by atoms with Crippen molar-refractivity contribution in [2.75, 3.05) is 25.5 Å². The Labute approximate surface area is 171 Å². The first-order valence-corrected chi connectivity index (χ1v) is 9.76. The second-order valence-electron chi connectivity index (χ2n) is 6.62. The van der Waals surface area contributed by atoms with Gasteiger partial charge in [-0.05, 0) is 36.5 Å². The van der Waals surface area contributed by atoms with Crippen molar-refractivity contribution < 1.29 is 9.53 Å². The first kappa shape index (κ1) is 20.3. The lowest BCUT2D eigenvalue weighted by molar-refractivity contribution is 0.0948. The fourth-order valence-corrected chi connectivity index (χ4v) is 3.00. The van der Waals surface area contributed by atoms with Crippen LogP contribution in [-0.4, -0.2) is 36.1 Å². The smallest absolute Gasteiger partial charge is 0.271 e. The third kappa shape index (κ3) is 6.31. The molecule has 0 bridgehead atoms. The van der Waals surface area contributed by atoms with Crippen molar-refractivity contribution in [3.8, 4) is 5.75 Å². The van der Waals surface area contributed by atoms with Gasteiger partial charge < -0.3 is 15.4 Å². The van der Waals surface area contributed by atoms with Crippen LogP contribution in [0.2, 0.25) is 0 Å². The highest BCUT2D eigenvalue weighted by Gasteiger charge is 2.08. The number of anilines is 1. The van der Waals surface area contributed by atoms with Crippen molar-refractivity contribution in [1.29, 1.82) is 0 Å². The van der Waals surface area contributed by atoms with E-state index in [0.29, 0.717) is 24.5 Å². The van der Waals surface area contributed by atoms with Crippen LogP contribution in [0.3, 0.4) is 0 Å². The number of hydrogen-bond donors (Lipinski definition) is 2. The molecule has 0 saturated heterocycles. The number of nitrogens with zero attached hydrogens (tertiary/aromatic N) is 2. The number of para-hydroxylation sites is 1. The van der Waals surface area contributed by atoms with Crippen molar-refractivity contribution in [2.24, 2.45) is 0 Å². The Kier molecular flexibility index (Phi) is 7.57. The van der Waals surface area contributed by atoms with Crippen LogP contribution in [-0.2, 0) is 12.8 Å². The van der Waals surface area contributed by atoms with Crippen LogP contribution in [0.5, 0.6) is 5.75 Å². The molecule has 3 aromatic rings. The molecule has 0 atom stereocenters. The number of ether oxygens (including phenoxy) is 1. The molecule has 1 heterocycles. The predicted octanol–water partition coefficient (Wildman–Crippen LogP) is 3.50. The van der Waals surface area contributed by atoms with Crippen molar-refractivity contribution in [1.82, 2.24) is 15.3 Å². The Morgan fingerprint density at radius 1 is 0.931 bits per heavy atom. The lowest BCUT2D eigenvalue weighted by Gasteiger charge is -2.09. The van der Waals surface area contributed by atoms with Crippen LogP contribution >= 0.6 is 0 Å². The van der Waals surface area contributed by atoms with E-state index < -0.39 is 0 Å². The Bertz CT molecular complexity index is 898. The van der Waals surface area contributed by atoms with Crippen LogP contribution in [0.4, 0.5) is 5.82 Å². The lowest BCUT2D eigenvalue weighted by atomic mass is 10.1. The highest BCUT2D eigenvalue weighted by atomic mass is 16.5. The quantitative estimate of drug-likeness (QED) is 0.518. The van der Waals surface area contributed by atoms with Crippen LogP contribution in [0, 0.1) is 0 Å². The fraction of sp³-hybridized carbons (Fsp3) is 0.261. The summed E-state index contributed by atoms with van der Waals surface area (Å²) in [7, 11) is 1.64. The van der Waals surface area contributed by atoms with Crippen molar-refractivity contribution >= 4 is 11.7 Å². The van der Waals surface area contributed by atoms with Gasteiger partial charge in [0.15, 0.2) is 0 Å². The molecule has 6 nitrogen and oxygen atoms in total. The molecule has 0 fully saturated rings. The summed E-state index contributed by atoms with van der Waals surface area (Å²) in [6.07, 6.45) is 5.78. The summed E-state index contributed by atoms with van der Waals surface area (Å²) in [6.45, 7) is 1.30. The number of aromatic nitrogens is 2. The summed E-state index contributed by atoms with van der Waals surface area (Å²) in [5, 5.41) is 6.11. The minimum absolute atomic E-state index is 0.233. The van der Waals surface area contributed by atoms with Gasteiger partial charge in [0.05, 0.1) is 19.5 Å². The maximum atomic E-state index is 12.3. The van der Waals surface area contributed by atoms with Gasteiger partial charge in [-0.3, -0.25) is 4.79 Å². The van der Waals surface area contributed by atoms with Gasteiger partial charge in [0.25, 0.3) is 5.91 Å². The van der Waals surface area contributed by atoms with Gasteiger partial charge in [-0.2, -0.15) is 0 Å². The number of carbonyl (C=O) groups excluding carboxylic acids is 1. The maximum Gasteiger partial charge on any atom is 0.271 e. The highest BCUT2D eigenvalue weighted by Crippen LogP contribution is 2.17. The van der Waals surface area contributed by atoms with Gasteiger partial charge in [0.2, 0.25) is 0 Å². The van der Waals surface area contributed by atoms with Gasteiger partial charge in [0, 0.05) is 13.1 Å². The van der Waals surface area contributed by atoms with Gasteiger partial charge in [-0.15, -0.1) is 0 Å². The van der Waals surface area contributed by atoms with Crippen molar-refractivity contribution in [2.45, 2.75) is 19.3 Å². The molecule has 0 spiro atoms. The van der Waals surface area contributed by atoms with Crippen LogP contribution in [0.25, 0.3) is 0 Å². The molecule has 3 rings (SSSR count). The summed E-state index contributed by atoms with van der Waals surface area (Å²) in [5.41, 5.74) is 2.68. The molecule has 0 aliphatic rings. The molecule has 0 radical (unpaired) electrons. The van der Waals surface area contributed by atoms with Crippen molar-refractivity contribution in [3.05, 3.63) is 83.8 Å². The fourth-order valence-electron chi connectivity index (χ4n) is 3.00. The van der Waals surface area contributed by atoms with Crippen LogP contribution in [0.1, 0.15) is 28.0 Å². The summed E-state index contributed by atoms with van der Waals surface area (Å²) in [5.74, 6) is 1.26. The van der Waals surface area contributed by atoms with E-state index in [0.717, 1.165) is 30.7 Å². The highest BCUT2D eigenvalue weighted by molar-refractivity contribution is 5.92. The second-order valence-corrected chi connectivity index (χ2v) is 6.62. The molecule has 29 heavy (non-hydrogen) atoms. The lowest BCUT2D eigenvalue weighted by Crippen LogP contribution is -2.26. The normalized spacial score (nSPS) is 10.4. The SMILES string of the molecule is COc1ccccc1CCNC(=O)c1cnc(NCCCc2ccccc2)cn1. The van der Waals surface area contributed by atoms with E-state index in [1.807, 2.05) is 42.5 Å². The van der Waals surface area contributed by atoms with E-state index in [9.17, 15) is 4.79 Å². The average Bonchev–Trinajstić information content (AvgIpc) is 2.78. The number of hydrogen-bond acceptors (Lipinski definition) is 5. The summed E-state index contributed by atoms with van der Waals surface area (Å²) >= 11 is 0. The molecule has 2 aromatic carbocycles. The monoisotopic (exact) mass is 390 g/mol. The van der Waals surface area contributed by atoms with Crippen LogP contribution in [0.15, 0.2) is 67.0 Å². The van der Waals surface area contributed by atoms with Gasteiger partial charge in [0.1, 0.15) is 17.3 Å². The zero-order chi connectivity index (χ0) is 20.3. The van der Waals surface area contributed by atoms with E-state index >= 15 is 0 Å². The van der Waals surface area contributed by atoms with E-state index in [1.165, 1.54) is 11.8 Å². The molecule has 1 aromatic heterocycles. The number of carbonyl (C=O) groups is 1. The zero-order valence-corrected chi connectivity index (χ0v) is 16.6. The molecule has 0 aliphatic carbocycles. The maximum absolute atomic E-state index is 12.3. The minimum Gasteiger partial charge on any atom is -0.496 e. The van der Waals surface area contributed by atoms with Gasteiger partial charge in [-0.25, -0.2) is 9.97 Å². The third-order valence-corrected chi connectivity index (χ3v) is 4.55. The molecule has 150 valence electrons. The van der Waals surface area contributed by atoms with E-state index in [1.54, 1.807) is 13.3 Å². The summed E-state index contributed by atoms with van der Waals surface area (Å²) in [4.78, 5) is 20.7. The Hall–Kier alpha value is -3.41. The molecule has 0 aliphatic heterocycles. The van der Waals surface area contributed by atoms with Crippen molar-refractivity contribution in [3.63, 3.8) is 0 Å². The van der Waals surface area contributed by atoms with E-state index in [4.69, 9.17) is 4.74 Å². The Balaban J connectivity index is 1.40. The summed E-state index contributed by atoms with van der Waals surface area (Å²) in [6, 6.07) is 18.2. The molecule has 0 saturated carbocycles. The second kappa shape index (κ2) is 10.8. The number of nitrogens with one attached hydrogen (secondary N) is 2. The standard InChI is InChI=1S/C23H26N4O2/c1-29-21-12-6-5-11-19(21)13-15-25-23(28)20-16-27-22(17-26-20)24-14-7-10-18-8-3-2-4-9-18/h2-6,8-9,11-12,16-17H,7,10,13-15H2,1H3,(H,24,27)(H,25,28). The minimum atomic E-state index is -0.233. The molecule has 6 heteroatoms. The largest absolute Gasteiger partial charge is 0.496 e. The first-order valence-electron chi connectivity index (χ1n) is 9.76. The van der Waals surface area contributed by atoms with Gasteiger partial charge >= 0.3 is 0 Å². The number of amides is 1. The Morgan fingerprint density at radius 3 is 2.48 bits per heavy atom. The Morgan fingerprint density at radius 2 is 1.72 bits per heavy atom. The third-order valence-electron chi connectivity index (χ3n) is 4.55. The van der Waals surface area contributed by atoms with Crippen LogP contribution < -0.4 is 15.4 Å². The summed E-state index contributed by atoms with van der Waals surface area (Å²) < 4.78 is 5.32. The molecule has 0 unspecified atom stereocenters. The van der Waals surface area contributed by atoms with E-state index in [-0.39, 0.29) is 5.91 Å². The molecule has 2 N–H and O–H groups in total. The molecular formula is C23H26N4O2. The number of rotatable bonds is 10. The topological polar surface area (TPSA) is 76.1 Å². The molecular weight excluding hydrogens is 364 g/mol. The number of aryl methyl sites for hydroxylation is 1. The average molecular weight is 390 g/mol.